The summed E-state index contributed by atoms with van der Waals surface area (Å²) in [7, 11) is 0. The lowest BCUT2D eigenvalue weighted by Crippen LogP contribution is -2.46. The highest BCUT2D eigenvalue weighted by atomic mass is 35.5. The third-order valence-electron chi connectivity index (χ3n) is 5.76. The molecular weight excluding hydrogens is 486 g/mol. The number of dihydropyridines is 1. The third kappa shape index (κ3) is 5.41. The van der Waals surface area contributed by atoms with Crippen molar-refractivity contribution >= 4 is 17.8 Å². The molecule has 2 aliphatic rings. The van der Waals surface area contributed by atoms with E-state index in [4.69, 9.17) is 16.3 Å². The molecule has 2 aliphatic heterocycles. The Morgan fingerprint density at radius 2 is 1.74 bits per heavy atom. The first kappa shape index (κ1) is 24.6. The maximum absolute atomic E-state index is 13.3. The Labute approximate surface area is 196 Å². The molecule has 3 heterocycles. The number of rotatable bonds is 4. The number of hydrogen-bond acceptors (Lipinski definition) is 4. The second kappa shape index (κ2) is 9.26. The Kier molecular flexibility index (Phi) is 6.69. The number of nitrogens with zero attached hydrogens (tertiary/aromatic N) is 4. The molecule has 0 amide bonds. The van der Waals surface area contributed by atoms with Gasteiger partial charge in [0.25, 0.3) is 0 Å². The highest BCUT2D eigenvalue weighted by Gasteiger charge is 2.38. The zero-order valence-corrected chi connectivity index (χ0v) is 18.7. The van der Waals surface area contributed by atoms with Crippen molar-refractivity contribution in [3.8, 4) is 11.6 Å². The van der Waals surface area contributed by atoms with Gasteiger partial charge in [-0.05, 0) is 31.0 Å². The number of alkyl halides is 6. The average molecular weight is 507 g/mol. The molecule has 0 aliphatic carbocycles. The van der Waals surface area contributed by atoms with Gasteiger partial charge in [-0.2, -0.15) is 31.4 Å². The van der Waals surface area contributed by atoms with Crippen LogP contribution in [-0.2, 0) is 6.18 Å². The summed E-state index contributed by atoms with van der Waals surface area (Å²) in [5.41, 5.74) is -1.52. The third-order valence-corrected chi connectivity index (χ3v) is 6.00. The standard InChI is InChI=1S/C22H21ClF6N4O/c1-13-9-14(21(24,25)26)12-30-20(13)32-7-5-17(6-8-32)34-19-11-18(22(27,28)29)31-33(19)16-4-2-3-15(23)10-16/h2-4,9-13,17,20H,5-8H2,1H3. The summed E-state index contributed by atoms with van der Waals surface area (Å²) in [4.78, 5) is 6.06. The molecule has 1 fully saturated rings. The van der Waals surface area contributed by atoms with Gasteiger partial charge in [-0.15, -0.1) is 0 Å². The molecule has 12 heteroatoms. The van der Waals surface area contributed by atoms with Crippen molar-refractivity contribution in [3.05, 3.63) is 52.7 Å². The average Bonchev–Trinajstić information content (AvgIpc) is 3.18. The van der Waals surface area contributed by atoms with Gasteiger partial charge >= 0.3 is 12.4 Å². The molecule has 4 rings (SSSR count). The van der Waals surface area contributed by atoms with Crippen molar-refractivity contribution in [3.63, 3.8) is 0 Å². The minimum absolute atomic E-state index is 0.0603. The highest BCUT2D eigenvalue weighted by Crippen LogP contribution is 2.35. The largest absolute Gasteiger partial charge is 0.474 e. The molecule has 1 aromatic heterocycles. The second-order valence-corrected chi connectivity index (χ2v) is 8.72. The van der Waals surface area contributed by atoms with Gasteiger partial charge in [-0.25, -0.2) is 4.68 Å². The van der Waals surface area contributed by atoms with Crippen molar-refractivity contribution in [2.24, 2.45) is 10.9 Å². The first-order valence-electron chi connectivity index (χ1n) is 10.6. The Balaban J connectivity index is 1.45. The molecule has 2 atom stereocenters. The smallest absolute Gasteiger partial charge is 0.435 e. The van der Waals surface area contributed by atoms with Crippen LogP contribution >= 0.6 is 11.6 Å². The molecule has 2 unspecified atom stereocenters. The maximum atomic E-state index is 13.3. The van der Waals surface area contributed by atoms with E-state index >= 15 is 0 Å². The fourth-order valence-electron chi connectivity index (χ4n) is 4.11. The highest BCUT2D eigenvalue weighted by molar-refractivity contribution is 6.30. The first-order chi connectivity index (χ1) is 15.9. The van der Waals surface area contributed by atoms with E-state index in [-0.39, 0.29) is 5.88 Å². The molecule has 34 heavy (non-hydrogen) atoms. The van der Waals surface area contributed by atoms with Gasteiger partial charge in [-0.1, -0.05) is 30.7 Å². The van der Waals surface area contributed by atoms with Crippen molar-refractivity contribution in [1.29, 1.82) is 0 Å². The van der Waals surface area contributed by atoms with Crippen molar-refractivity contribution in [2.45, 2.75) is 44.4 Å². The van der Waals surface area contributed by atoms with Gasteiger partial charge in [0.05, 0.1) is 11.3 Å². The molecule has 1 aromatic carbocycles. The Morgan fingerprint density at radius 3 is 2.32 bits per heavy atom. The van der Waals surface area contributed by atoms with Crippen LogP contribution in [0.3, 0.4) is 0 Å². The van der Waals surface area contributed by atoms with E-state index in [0.717, 1.165) is 17.0 Å². The lowest BCUT2D eigenvalue weighted by molar-refractivity contribution is -0.141. The van der Waals surface area contributed by atoms with Gasteiger partial charge < -0.3 is 4.74 Å². The van der Waals surface area contributed by atoms with E-state index < -0.39 is 41.8 Å². The number of hydrogen-bond donors (Lipinski definition) is 0. The van der Waals surface area contributed by atoms with Gasteiger partial charge in [-0.3, -0.25) is 9.89 Å². The molecule has 1 saturated heterocycles. The summed E-state index contributed by atoms with van der Waals surface area (Å²) in [6.45, 7) is 2.63. The number of aliphatic imine (C=N–C) groups is 1. The molecule has 0 N–H and O–H groups in total. The first-order valence-corrected chi connectivity index (χ1v) is 11.0. The Morgan fingerprint density at radius 1 is 1.03 bits per heavy atom. The zero-order chi connectivity index (χ0) is 24.7. The van der Waals surface area contributed by atoms with E-state index in [2.05, 4.69) is 10.1 Å². The predicted octanol–water partition coefficient (Wildman–Crippen LogP) is 5.92. The monoisotopic (exact) mass is 506 g/mol. The fourth-order valence-corrected chi connectivity index (χ4v) is 4.29. The van der Waals surface area contributed by atoms with Crippen LogP contribution in [0.15, 0.2) is 47.0 Å². The quantitative estimate of drug-likeness (QED) is 0.483. The summed E-state index contributed by atoms with van der Waals surface area (Å²) in [6, 6.07) is 7.09. The molecule has 0 saturated carbocycles. The van der Waals surface area contributed by atoms with Crippen LogP contribution in [-0.4, -0.2) is 52.4 Å². The fraction of sp³-hybridized carbons (Fsp3) is 0.455. The molecule has 184 valence electrons. The maximum Gasteiger partial charge on any atom is 0.435 e. The molecule has 5 nitrogen and oxygen atoms in total. The van der Waals surface area contributed by atoms with Crippen molar-refractivity contribution in [1.82, 2.24) is 14.7 Å². The van der Waals surface area contributed by atoms with E-state index in [0.29, 0.717) is 36.6 Å². The number of aromatic nitrogens is 2. The zero-order valence-electron chi connectivity index (χ0n) is 17.9. The number of likely N-dealkylation sites (tertiary alicyclic amines) is 1. The van der Waals surface area contributed by atoms with Crippen LogP contribution < -0.4 is 4.74 Å². The molecule has 0 spiro atoms. The molecule has 2 aromatic rings. The Hall–Kier alpha value is -2.53. The normalized spacial score (nSPS) is 22.6. The number of halogens is 7. The van der Waals surface area contributed by atoms with Crippen molar-refractivity contribution < 1.29 is 31.1 Å². The second-order valence-electron chi connectivity index (χ2n) is 8.28. The van der Waals surface area contributed by atoms with Gasteiger partial charge in [0.2, 0.25) is 5.88 Å². The summed E-state index contributed by atoms with van der Waals surface area (Å²) >= 11 is 5.98. The topological polar surface area (TPSA) is 42.6 Å². The van der Waals surface area contributed by atoms with E-state index in [1.54, 1.807) is 25.1 Å². The van der Waals surface area contributed by atoms with Crippen molar-refractivity contribution in [2.75, 3.05) is 13.1 Å². The molecular formula is C22H21ClF6N4O. The summed E-state index contributed by atoms with van der Waals surface area (Å²) in [5.74, 6) is -0.493. The van der Waals surface area contributed by atoms with E-state index in [1.807, 2.05) is 4.90 Å². The van der Waals surface area contributed by atoms with Gasteiger partial charge in [0.15, 0.2) is 5.69 Å². The number of allylic oxidation sites excluding steroid dienone is 1. The SMILES string of the molecule is CC1C=C(C(F)(F)F)C=NC1N1CCC(Oc2cc(C(F)(F)F)nn2-c2cccc(Cl)c2)CC1. The lowest BCUT2D eigenvalue weighted by atomic mass is 9.98. The number of ether oxygens (including phenoxy) is 1. The van der Waals surface area contributed by atoms with Crippen LogP contribution in [0.4, 0.5) is 26.3 Å². The Bertz CT molecular complexity index is 1090. The van der Waals surface area contributed by atoms with Gasteiger partial charge in [0, 0.05) is 36.3 Å². The van der Waals surface area contributed by atoms with Gasteiger partial charge in [0.1, 0.15) is 12.3 Å². The van der Waals surface area contributed by atoms with Crippen LogP contribution in [0.25, 0.3) is 5.69 Å². The summed E-state index contributed by atoms with van der Waals surface area (Å²) in [6.07, 6.45) is -6.95. The minimum atomic E-state index is -4.65. The lowest BCUT2D eigenvalue weighted by Gasteiger charge is -2.38. The number of benzene rings is 1. The summed E-state index contributed by atoms with van der Waals surface area (Å²) < 4.78 is 85.6. The van der Waals surface area contributed by atoms with E-state index in [1.165, 1.54) is 12.1 Å². The number of piperidine rings is 1. The van der Waals surface area contributed by atoms with E-state index in [9.17, 15) is 26.3 Å². The molecule has 0 radical (unpaired) electrons. The van der Waals surface area contributed by atoms with Crippen LogP contribution in [0.5, 0.6) is 5.88 Å². The minimum Gasteiger partial charge on any atom is -0.474 e. The molecule has 0 bridgehead atoms. The van der Waals surface area contributed by atoms with Crippen LogP contribution in [0.2, 0.25) is 5.02 Å². The predicted molar refractivity (Wildman–Crippen MR) is 114 cm³/mol. The van der Waals surface area contributed by atoms with Crippen LogP contribution in [0, 0.1) is 5.92 Å². The summed E-state index contributed by atoms with van der Waals surface area (Å²) in [5, 5.41) is 4.00. The van der Waals surface area contributed by atoms with Crippen LogP contribution in [0.1, 0.15) is 25.5 Å².